The second-order valence-corrected chi connectivity index (χ2v) is 12.2. The van der Waals surface area contributed by atoms with Crippen molar-refractivity contribution in [3.63, 3.8) is 0 Å². The maximum Gasteiger partial charge on any atom is 0.223 e. The fourth-order valence-corrected chi connectivity index (χ4v) is 5.72. The summed E-state index contributed by atoms with van der Waals surface area (Å²) < 4.78 is 18.8. The number of rotatable bonds is 7. The Labute approximate surface area is 193 Å². The lowest BCUT2D eigenvalue weighted by molar-refractivity contribution is 0.0190. The van der Waals surface area contributed by atoms with Crippen LogP contribution in [-0.2, 0) is 16.2 Å². The monoisotopic (exact) mass is 451 g/mol. The Balaban J connectivity index is 1.62. The molecule has 32 heavy (non-hydrogen) atoms. The van der Waals surface area contributed by atoms with E-state index in [4.69, 9.17) is 4.42 Å². The quantitative estimate of drug-likeness (QED) is 0.511. The molecule has 0 aliphatic carbocycles. The van der Waals surface area contributed by atoms with E-state index in [9.17, 15) is 4.21 Å². The molecule has 0 N–H and O–H groups in total. The number of aromatic nitrogens is 2. The minimum Gasteiger partial charge on any atom is -0.425 e. The first-order valence-corrected chi connectivity index (χ1v) is 12.5. The molecule has 1 aromatic heterocycles. The standard InChI is InChI=1S/C26H33N3O2S/c1-19-27-28-24(31-19)26(5,18-32(30)25(2,3)4)22-16-29(17-22)23(20-12-8-6-9-13-20)21-14-10-7-11-15-21/h6-15,22-23H,16-18H2,1-5H3. The Morgan fingerprint density at radius 3 is 1.94 bits per heavy atom. The summed E-state index contributed by atoms with van der Waals surface area (Å²) >= 11 is 0. The summed E-state index contributed by atoms with van der Waals surface area (Å²) in [6.07, 6.45) is 0. The highest BCUT2D eigenvalue weighted by Crippen LogP contribution is 2.43. The van der Waals surface area contributed by atoms with Gasteiger partial charge >= 0.3 is 0 Å². The highest BCUT2D eigenvalue weighted by molar-refractivity contribution is 7.86. The van der Waals surface area contributed by atoms with Crippen LogP contribution in [0.1, 0.15) is 56.6 Å². The molecule has 2 aromatic carbocycles. The van der Waals surface area contributed by atoms with Gasteiger partial charge in [0.2, 0.25) is 11.8 Å². The zero-order valence-electron chi connectivity index (χ0n) is 19.6. The lowest BCUT2D eigenvalue weighted by Crippen LogP contribution is -2.58. The third-order valence-electron chi connectivity index (χ3n) is 6.54. The molecule has 0 spiro atoms. The lowest BCUT2D eigenvalue weighted by Gasteiger charge is -2.51. The molecule has 1 aliphatic heterocycles. The van der Waals surface area contributed by atoms with E-state index in [1.807, 2.05) is 27.7 Å². The Morgan fingerprint density at radius 2 is 1.50 bits per heavy atom. The normalized spacial score (nSPS) is 18.3. The molecular formula is C26H33N3O2S. The first-order valence-electron chi connectivity index (χ1n) is 11.2. The molecule has 2 heterocycles. The fraction of sp³-hybridized carbons (Fsp3) is 0.462. The summed E-state index contributed by atoms with van der Waals surface area (Å²) in [5.74, 6) is 1.95. The van der Waals surface area contributed by atoms with Gasteiger partial charge in [-0.05, 0) is 44.7 Å². The second kappa shape index (κ2) is 8.91. The topological polar surface area (TPSA) is 59.2 Å². The van der Waals surface area contributed by atoms with Crippen LogP contribution in [0.3, 0.4) is 0 Å². The van der Waals surface area contributed by atoms with Gasteiger partial charge in [-0.2, -0.15) is 0 Å². The van der Waals surface area contributed by atoms with Crippen molar-refractivity contribution in [2.45, 2.75) is 50.8 Å². The Hall–Kier alpha value is -2.31. The van der Waals surface area contributed by atoms with E-state index in [-0.39, 0.29) is 16.7 Å². The summed E-state index contributed by atoms with van der Waals surface area (Å²) in [6.45, 7) is 11.8. The van der Waals surface area contributed by atoms with E-state index in [2.05, 4.69) is 82.7 Å². The number of hydrogen-bond acceptors (Lipinski definition) is 5. The minimum atomic E-state index is -1.03. The van der Waals surface area contributed by atoms with Crippen molar-refractivity contribution in [2.24, 2.45) is 5.92 Å². The molecule has 0 bridgehead atoms. The molecule has 6 heteroatoms. The van der Waals surface area contributed by atoms with E-state index < -0.39 is 16.2 Å². The summed E-state index contributed by atoms with van der Waals surface area (Å²) in [5, 5.41) is 8.46. The fourth-order valence-electron chi connectivity index (χ4n) is 4.38. The van der Waals surface area contributed by atoms with E-state index in [1.54, 1.807) is 0 Å². The van der Waals surface area contributed by atoms with Gasteiger partial charge in [0.25, 0.3) is 0 Å². The first-order chi connectivity index (χ1) is 15.2. The summed E-state index contributed by atoms with van der Waals surface area (Å²) in [5.41, 5.74) is 2.13. The number of benzene rings is 2. The SMILES string of the molecule is Cc1nnc(C(C)(CS(=O)C(C)(C)C)C2CN(C(c3ccccc3)c3ccccc3)C2)o1. The van der Waals surface area contributed by atoms with E-state index in [0.29, 0.717) is 17.5 Å². The summed E-state index contributed by atoms with van der Waals surface area (Å²) in [6, 6.07) is 21.5. The van der Waals surface area contributed by atoms with Crippen LogP contribution in [-0.4, -0.2) is 42.9 Å². The van der Waals surface area contributed by atoms with Gasteiger partial charge in [0.15, 0.2) is 0 Å². The van der Waals surface area contributed by atoms with Crippen LogP contribution >= 0.6 is 0 Å². The highest BCUT2D eigenvalue weighted by Gasteiger charge is 2.50. The Bertz CT molecular complexity index is 1020. The van der Waals surface area contributed by atoms with Crippen LogP contribution in [0.25, 0.3) is 0 Å². The molecule has 2 unspecified atom stereocenters. The third-order valence-corrected chi connectivity index (χ3v) is 8.76. The molecule has 170 valence electrons. The number of likely N-dealkylation sites (tertiary alicyclic amines) is 1. The molecule has 0 saturated carbocycles. The van der Waals surface area contributed by atoms with Crippen LogP contribution in [0.5, 0.6) is 0 Å². The third kappa shape index (κ3) is 4.57. The first kappa shape index (κ1) is 22.9. The van der Waals surface area contributed by atoms with Gasteiger partial charge in [-0.1, -0.05) is 60.7 Å². The lowest BCUT2D eigenvalue weighted by atomic mass is 9.72. The molecule has 4 rings (SSSR count). The molecular weight excluding hydrogens is 418 g/mol. The van der Waals surface area contributed by atoms with Gasteiger partial charge in [-0.15, -0.1) is 10.2 Å². The number of hydrogen-bond donors (Lipinski definition) is 0. The van der Waals surface area contributed by atoms with Crippen molar-refractivity contribution in [3.05, 3.63) is 83.6 Å². The van der Waals surface area contributed by atoms with Gasteiger partial charge in [-0.3, -0.25) is 9.11 Å². The van der Waals surface area contributed by atoms with Crippen LogP contribution in [0.4, 0.5) is 0 Å². The van der Waals surface area contributed by atoms with Gasteiger partial charge in [0, 0.05) is 41.3 Å². The molecule has 5 nitrogen and oxygen atoms in total. The highest BCUT2D eigenvalue weighted by atomic mass is 32.2. The van der Waals surface area contributed by atoms with Gasteiger partial charge in [0.1, 0.15) is 0 Å². The van der Waals surface area contributed by atoms with Crippen LogP contribution in [0.15, 0.2) is 65.1 Å². The van der Waals surface area contributed by atoms with Crippen molar-refractivity contribution in [1.29, 1.82) is 0 Å². The van der Waals surface area contributed by atoms with Crippen LogP contribution in [0.2, 0.25) is 0 Å². The van der Waals surface area contributed by atoms with Crippen molar-refractivity contribution in [2.75, 3.05) is 18.8 Å². The molecule has 2 atom stereocenters. The van der Waals surface area contributed by atoms with Gasteiger partial charge in [0.05, 0.1) is 11.5 Å². The van der Waals surface area contributed by atoms with Gasteiger partial charge in [-0.25, -0.2) is 0 Å². The number of nitrogens with zero attached hydrogens (tertiary/aromatic N) is 3. The minimum absolute atomic E-state index is 0.190. The zero-order valence-corrected chi connectivity index (χ0v) is 20.4. The van der Waals surface area contributed by atoms with Crippen molar-refractivity contribution in [1.82, 2.24) is 15.1 Å². The zero-order chi connectivity index (χ0) is 22.9. The van der Waals surface area contributed by atoms with Crippen LogP contribution < -0.4 is 0 Å². The predicted octanol–water partition coefficient (Wildman–Crippen LogP) is 4.90. The van der Waals surface area contributed by atoms with Crippen molar-refractivity contribution >= 4 is 10.8 Å². The van der Waals surface area contributed by atoms with Gasteiger partial charge < -0.3 is 4.42 Å². The molecule has 3 aromatic rings. The Morgan fingerprint density at radius 1 is 0.969 bits per heavy atom. The largest absolute Gasteiger partial charge is 0.425 e. The Kier molecular flexibility index (Phi) is 6.37. The van der Waals surface area contributed by atoms with E-state index in [0.717, 1.165) is 13.1 Å². The van der Waals surface area contributed by atoms with Crippen molar-refractivity contribution in [3.8, 4) is 0 Å². The second-order valence-electron chi connectivity index (χ2n) is 10.0. The molecule has 0 amide bonds. The maximum absolute atomic E-state index is 13.2. The molecule has 1 fully saturated rings. The number of aryl methyl sites for hydroxylation is 1. The molecule has 1 saturated heterocycles. The predicted molar refractivity (Wildman–Crippen MR) is 129 cm³/mol. The average Bonchev–Trinajstić information content (AvgIpc) is 3.18. The molecule has 1 aliphatic rings. The van der Waals surface area contributed by atoms with Crippen molar-refractivity contribution < 1.29 is 8.63 Å². The summed E-state index contributed by atoms with van der Waals surface area (Å²) in [7, 11) is -1.03. The van der Waals surface area contributed by atoms with E-state index >= 15 is 0 Å². The smallest absolute Gasteiger partial charge is 0.223 e. The summed E-state index contributed by atoms with van der Waals surface area (Å²) in [4.78, 5) is 2.50. The average molecular weight is 452 g/mol. The maximum atomic E-state index is 13.2. The van der Waals surface area contributed by atoms with Crippen LogP contribution in [0, 0.1) is 12.8 Å². The van der Waals surface area contributed by atoms with E-state index in [1.165, 1.54) is 11.1 Å². The molecule has 0 radical (unpaired) electrons.